The Hall–Kier alpha value is -3.25. The number of nitrogens with zero attached hydrogens (tertiary/aromatic N) is 6. The molecule has 126 valence electrons. The second-order valence-corrected chi connectivity index (χ2v) is 6.48. The summed E-state index contributed by atoms with van der Waals surface area (Å²) >= 11 is 6.31. The van der Waals surface area contributed by atoms with E-state index in [1.165, 1.54) is 5.56 Å². The molecule has 0 aliphatic heterocycles. The molecule has 0 aliphatic rings. The SMILES string of the molecule is Cc1cccc(-c2nnc3c4cnn(-c5ccccc5Cl)c4ncn23)c1. The molecule has 0 atom stereocenters. The lowest BCUT2D eigenvalue weighted by atomic mass is 10.1. The number of aryl methyl sites for hydroxylation is 1. The highest BCUT2D eigenvalue weighted by Gasteiger charge is 2.16. The molecule has 3 heterocycles. The largest absolute Gasteiger partial charge is 0.265 e. The van der Waals surface area contributed by atoms with Gasteiger partial charge in [0.05, 0.1) is 22.3 Å². The molecule has 0 unspecified atom stereocenters. The molecule has 0 amide bonds. The number of aromatic nitrogens is 6. The quantitative estimate of drug-likeness (QED) is 0.475. The van der Waals surface area contributed by atoms with E-state index in [1.54, 1.807) is 17.2 Å². The first-order valence-corrected chi connectivity index (χ1v) is 8.49. The minimum Gasteiger partial charge on any atom is -0.265 e. The molecule has 2 aromatic carbocycles. The summed E-state index contributed by atoms with van der Waals surface area (Å²) in [5, 5.41) is 14.6. The van der Waals surface area contributed by atoms with Gasteiger partial charge in [-0.1, -0.05) is 47.5 Å². The number of para-hydroxylation sites is 1. The Morgan fingerprint density at radius 1 is 0.962 bits per heavy atom. The summed E-state index contributed by atoms with van der Waals surface area (Å²) in [4.78, 5) is 4.59. The van der Waals surface area contributed by atoms with Crippen molar-refractivity contribution in [3.63, 3.8) is 0 Å². The number of hydrogen-bond donors (Lipinski definition) is 0. The zero-order valence-corrected chi connectivity index (χ0v) is 14.6. The fraction of sp³-hybridized carbons (Fsp3) is 0.0526. The monoisotopic (exact) mass is 360 g/mol. The molecule has 26 heavy (non-hydrogen) atoms. The van der Waals surface area contributed by atoms with Gasteiger partial charge in [0.15, 0.2) is 17.1 Å². The average molecular weight is 361 g/mol. The maximum absolute atomic E-state index is 6.31. The molecule has 0 saturated carbocycles. The summed E-state index contributed by atoms with van der Waals surface area (Å²) in [5.41, 5.74) is 4.34. The van der Waals surface area contributed by atoms with Crippen LogP contribution < -0.4 is 0 Å². The van der Waals surface area contributed by atoms with Crippen LogP contribution in [-0.2, 0) is 0 Å². The van der Waals surface area contributed by atoms with Gasteiger partial charge in [0.1, 0.15) is 6.33 Å². The van der Waals surface area contributed by atoms with Gasteiger partial charge < -0.3 is 0 Å². The maximum atomic E-state index is 6.31. The first-order chi connectivity index (χ1) is 12.7. The van der Waals surface area contributed by atoms with E-state index in [2.05, 4.69) is 39.3 Å². The van der Waals surface area contributed by atoms with Crippen LogP contribution in [0.2, 0.25) is 5.02 Å². The minimum atomic E-state index is 0.612. The average Bonchev–Trinajstić information content (AvgIpc) is 3.26. The lowest BCUT2D eigenvalue weighted by molar-refractivity contribution is 0.893. The highest BCUT2D eigenvalue weighted by atomic mass is 35.5. The van der Waals surface area contributed by atoms with Crippen molar-refractivity contribution in [3.8, 4) is 17.1 Å². The van der Waals surface area contributed by atoms with Gasteiger partial charge in [-0.3, -0.25) is 4.40 Å². The fourth-order valence-corrected chi connectivity index (χ4v) is 3.32. The van der Waals surface area contributed by atoms with E-state index in [1.807, 2.05) is 40.8 Å². The highest BCUT2D eigenvalue weighted by molar-refractivity contribution is 6.32. The molecule has 3 aromatic heterocycles. The predicted molar refractivity (Wildman–Crippen MR) is 101 cm³/mol. The summed E-state index contributed by atoms with van der Waals surface area (Å²) in [5.74, 6) is 0.753. The predicted octanol–water partition coefficient (Wildman–Crippen LogP) is 4.09. The molecule has 7 heteroatoms. The molecule has 0 aliphatic carbocycles. The maximum Gasteiger partial charge on any atom is 0.175 e. The Kier molecular flexibility index (Phi) is 3.26. The molecule has 0 fully saturated rings. The fourth-order valence-electron chi connectivity index (χ4n) is 3.10. The number of fused-ring (bicyclic) bond motifs is 3. The first-order valence-electron chi connectivity index (χ1n) is 8.12. The molecule has 0 bridgehead atoms. The zero-order valence-electron chi connectivity index (χ0n) is 13.8. The first kappa shape index (κ1) is 15.0. The summed E-state index contributed by atoms with van der Waals surface area (Å²) in [6, 6.07) is 15.7. The third-order valence-electron chi connectivity index (χ3n) is 4.33. The number of rotatable bonds is 2. The summed E-state index contributed by atoms with van der Waals surface area (Å²) in [6.45, 7) is 2.05. The molecule has 0 radical (unpaired) electrons. The molecule has 0 spiro atoms. The third-order valence-corrected chi connectivity index (χ3v) is 4.65. The Balaban J connectivity index is 1.75. The van der Waals surface area contributed by atoms with Crippen molar-refractivity contribution >= 4 is 28.3 Å². The van der Waals surface area contributed by atoms with Gasteiger partial charge in [-0.2, -0.15) is 5.10 Å². The van der Waals surface area contributed by atoms with Gasteiger partial charge in [-0.25, -0.2) is 9.67 Å². The van der Waals surface area contributed by atoms with Gasteiger partial charge in [-0.05, 0) is 25.1 Å². The topological polar surface area (TPSA) is 60.9 Å². The second-order valence-electron chi connectivity index (χ2n) is 6.08. The lowest BCUT2D eigenvalue weighted by Gasteiger charge is -2.05. The number of hydrogen-bond acceptors (Lipinski definition) is 4. The normalized spacial score (nSPS) is 11.5. The molecule has 0 saturated heterocycles. The third kappa shape index (κ3) is 2.19. The van der Waals surface area contributed by atoms with E-state index in [0.717, 1.165) is 22.5 Å². The van der Waals surface area contributed by atoms with Crippen molar-refractivity contribution in [2.45, 2.75) is 6.92 Å². The van der Waals surface area contributed by atoms with Crippen LogP contribution in [0.1, 0.15) is 5.56 Å². The van der Waals surface area contributed by atoms with E-state index >= 15 is 0 Å². The zero-order chi connectivity index (χ0) is 17.7. The van der Waals surface area contributed by atoms with Gasteiger partial charge in [0.25, 0.3) is 0 Å². The van der Waals surface area contributed by atoms with Crippen molar-refractivity contribution < 1.29 is 0 Å². The van der Waals surface area contributed by atoms with Crippen molar-refractivity contribution in [1.82, 2.24) is 29.4 Å². The smallest absolute Gasteiger partial charge is 0.175 e. The number of benzene rings is 2. The van der Waals surface area contributed by atoms with E-state index < -0.39 is 0 Å². The summed E-state index contributed by atoms with van der Waals surface area (Å²) in [6.07, 6.45) is 3.47. The van der Waals surface area contributed by atoms with Crippen LogP contribution in [0.5, 0.6) is 0 Å². The van der Waals surface area contributed by atoms with Crippen LogP contribution in [0.3, 0.4) is 0 Å². The molecular formula is C19H13ClN6. The molecule has 5 aromatic rings. The summed E-state index contributed by atoms with van der Waals surface area (Å²) in [7, 11) is 0. The molecule has 0 N–H and O–H groups in total. The van der Waals surface area contributed by atoms with Crippen molar-refractivity contribution in [2.75, 3.05) is 0 Å². The lowest BCUT2D eigenvalue weighted by Crippen LogP contribution is -1.99. The van der Waals surface area contributed by atoms with Gasteiger partial charge in [0.2, 0.25) is 0 Å². The molecular weight excluding hydrogens is 348 g/mol. The van der Waals surface area contributed by atoms with E-state index in [0.29, 0.717) is 16.3 Å². The van der Waals surface area contributed by atoms with E-state index in [4.69, 9.17) is 11.6 Å². The Bertz CT molecular complexity index is 1270. The second kappa shape index (κ2) is 5.64. The Morgan fingerprint density at radius 2 is 1.85 bits per heavy atom. The number of halogens is 1. The van der Waals surface area contributed by atoms with E-state index in [-0.39, 0.29) is 0 Å². The van der Waals surface area contributed by atoms with E-state index in [9.17, 15) is 0 Å². The Morgan fingerprint density at radius 3 is 2.69 bits per heavy atom. The van der Waals surface area contributed by atoms with Crippen molar-refractivity contribution in [3.05, 3.63) is 71.6 Å². The van der Waals surface area contributed by atoms with Crippen LogP contribution >= 0.6 is 11.6 Å². The van der Waals surface area contributed by atoms with Gasteiger partial charge in [0, 0.05) is 5.56 Å². The van der Waals surface area contributed by atoms with Crippen molar-refractivity contribution in [2.24, 2.45) is 0 Å². The van der Waals surface area contributed by atoms with Gasteiger partial charge in [-0.15, -0.1) is 10.2 Å². The van der Waals surface area contributed by atoms with Crippen LogP contribution in [0.25, 0.3) is 33.8 Å². The van der Waals surface area contributed by atoms with Crippen LogP contribution in [0, 0.1) is 6.92 Å². The van der Waals surface area contributed by atoms with Crippen LogP contribution in [0.15, 0.2) is 61.1 Å². The van der Waals surface area contributed by atoms with Crippen molar-refractivity contribution in [1.29, 1.82) is 0 Å². The van der Waals surface area contributed by atoms with Gasteiger partial charge >= 0.3 is 0 Å². The molecule has 6 nitrogen and oxygen atoms in total. The Labute approximate surface area is 153 Å². The van der Waals surface area contributed by atoms with Crippen LogP contribution in [0.4, 0.5) is 0 Å². The summed E-state index contributed by atoms with van der Waals surface area (Å²) < 4.78 is 3.61. The van der Waals surface area contributed by atoms with Crippen LogP contribution in [-0.4, -0.2) is 29.4 Å². The standard InChI is InChI=1S/C19H13ClN6/c1-12-5-4-6-13(9-12)17-23-24-19-14-10-22-26(18(14)21-11-25(17)19)16-8-3-2-7-15(16)20/h2-11H,1H3. The molecule has 5 rings (SSSR count). The minimum absolute atomic E-state index is 0.612. The highest BCUT2D eigenvalue weighted by Crippen LogP contribution is 2.26.